The molecule has 0 amide bonds. The van der Waals surface area contributed by atoms with Crippen molar-refractivity contribution in [3.63, 3.8) is 0 Å². The molecule has 1 aliphatic rings. The van der Waals surface area contributed by atoms with E-state index in [9.17, 15) is 21.9 Å². The van der Waals surface area contributed by atoms with Crippen LogP contribution in [0.3, 0.4) is 0 Å². The SMILES string of the molecule is CCc1ccc(N(CC(C)C)S(=O)(=O)c2ccc(NCC3CC(O)C3)c(NS(C)(=O)=O)c2)cc1. The van der Waals surface area contributed by atoms with Gasteiger partial charge < -0.3 is 10.4 Å². The minimum absolute atomic E-state index is 0.00323. The van der Waals surface area contributed by atoms with Gasteiger partial charge in [-0.05, 0) is 67.0 Å². The van der Waals surface area contributed by atoms with Crippen LogP contribution in [0.15, 0.2) is 47.4 Å². The van der Waals surface area contributed by atoms with E-state index in [0.717, 1.165) is 18.2 Å². The topological polar surface area (TPSA) is 116 Å². The molecule has 0 spiro atoms. The van der Waals surface area contributed by atoms with E-state index in [2.05, 4.69) is 10.0 Å². The maximum Gasteiger partial charge on any atom is 0.264 e. The molecule has 0 atom stereocenters. The number of aliphatic hydroxyl groups is 1. The molecule has 8 nitrogen and oxygen atoms in total. The molecular formula is C24H35N3O5S2. The third kappa shape index (κ3) is 6.64. The van der Waals surface area contributed by atoms with Crippen molar-refractivity contribution in [1.82, 2.24) is 0 Å². The highest BCUT2D eigenvalue weighted by Gasteiger charge is 2.29. The predicted molar refractivity (Wildman–Crippen MR) is 137 cm³/mol. The molecule has 0 aliphatic heterocycles. The summed E-state index contributed by atoms with van der Waals surface area (Å²) < 4.78 is 55.2. The summed E-state index contributed by atoms with van der Waals surface area (Å²) in [5.74, 6) is 0.366. The summed E-state index contributed by atoms with van der Waals surface area (Å²) in [7, 11) is -7.60. The van der Waals surface area contributed by atoms with Gasteiger partial charge in [-0.25, -0.2) is 16.8 Å². The number of nitrogens with one attached hydrogen (secondary N) is 2. The van der Waals surface area contributed by atoms with Crippen molar-refractivity contribution in [2.24, 2.45) is 11.8 Å². The van der Waals surface area contributed by atoms with Gasteiger partial charge in [0.15, 0.2) is 0 Å². The van der Waals surface area contributed by atoms with Crippen molar-refractivity contribution >= 4 is 37.1 Å². The van der Waals surface area contributed by atoms with Gasteiger partial charge in [-0.2, -0.15) is 0 Å². The first kappa shape index (κ1) is 26.3. The third-order valence-corrected chi connectivity index (χ3v) is 8.21. The highest BCUT2D eigenvalue weighted by atomic mass is 32.2. The quantitative estimate of drug-likeness (QED) is 0.426. The van der Waals surface area contributed by atoms with Crippen LogP contribution in [-0.4, -0.2) is 47.4 Å². The van der Waals surface area contributed by atoms with Gasteiger partial charge in [0.2, 0.25) is 10.0 Å². The molecule has 3 N–H and O–H groups in total. The number of sulfonamides is 2. The van der Waals surface area contributed by atoms with Gasteiger partial charge >= 0.3 is 0 Å². The molecule has 1 aliphatic carbocycles. The number of anilines is 3. The average molecular weight is 510 g/mol. The lowest BCUT2D eigenvalue weighted by Gasteiger charge is -2.32. The van der Waals surface area contributed by atoms with Crippen LogP contribution in [0.1, 0.15) is 39.2 Å². The molecule has 34 heavy (non-hydrogen) atoms. The van der Waals surface area contributed by atoms with Gasteiger partial charge in [0.1, 0.15) is 0 Å². The van der Waals surface area contributed by atoms with Crippen LogP contribution in [0.5, 0.6) is 0 Å². The van der Waals surface area contributed by atoms with Gasteiger partial charge in [-0.1, -0.05) is 32.9 Å². The Balaban J connectivity index is 1.97. The molecule has 2 aromatic rings. The van der Waals surface area contributed by atoms with E-state index in [1.165, 1.54) is 16.4 Å². The van der Waals surface area contributed by atoms with E-state index >= 15 is 0 Å². The van der Waals surface area contributed by atoms with Gasteiger partial charge in [0.25, 0.3) is 10.0 Å². The van der Waals surface area contributed by atoms with Crippen LogP contribution in [0, 0.1) is 11.8 Å². The summed E-state index contributed by atoms with van der Waals surface area (Å²) in [6, 6.07) is 11.9. The predicted octanol–water partition coefficient (Wildman–Crippen LogP) is 3.65. The fraction of sp³-hybridized carbons (Fsp3) is 0.500. The van der Waals surface area contributed by atoms with Crippen LogP contribution in [0.2, 0.25) is 0 Å². The van der Waals surface area contributed by atoms with Crippen molar-refractivity contribution in [2.45, 2.75) is 51.0 Å². The Bertz CT molecular complexity index is 1190. The Labute approximate surface area is 203 Å². The van der Waals surface area contributed by atoms with Crippen molar-refractivity contribution < 1.29 is 21.9 Å². The lowest BCUT2D eigenvalue weighted by Crippen LogP contribution is -2.34. The zero-order valence-corrected chi connectivity index (χ0v) is 21.8. The van der Waals surface area contributed by atoms with Crippen molar-refractivity contribution in [1.29, 1.82) is 0 Å². The number of hydrogen-bond acceptors (Lipinski definition) is 6. The monoisotopic (exact) mass is 509 g/mol. The molecule has 0 radical (unpaired) electrons. The van der Waals surface area contributed by atoms with E-state index in [1.54, 1.807) is 18.2 Å². The Morgan fingerprint density at radius 1 is 1.03 bits per heavy atom. The first-order valence-corrected chi connectivity index (χ1v) is 14.9. The molecule has 3 rings (SSSR count). The number of nitrogens with zero attached hydrogens (tertiary/aromatic N) is 1. The minimum Gasteiger partial charge on any atom is -0.393 e. The standard InChI is InChI=1S/C24H35N3O5S2/c1-5-18-6-8-20(9-7-18)27(16-17(2)3)34(31,32)22-10-11-23(24(14-22)26-33(4,29)30)25-15-19-12-21(28)13-19/h6-11,14,17,19,21,25-26,28H,5,12-13,15-16H2,1-4H3. The summed E-state index contributed by atoms with van der Waals surface area (Å²) in [6.07, 6.45) is 2.98. The molecule has 1 fully saturated rings. The third-order valence-electron chi connectivity index (χ3n) is 5.83. The smallest absolute Gasteiger partial charge is 0.264 e. The Morgan fingerprint density at radius 3 is 2.21 bits per heavy atom. The molecule has 188 valence electrons. The molecule has 1 saturated carbocycles. The fourth-order valence-corrected chi connectivity index (χ4v) is 6.17. The van der Waals surface area contributed by atoms with Gasteiger partial charge in [-0.3, -0.25) is 9.03 Å². The van der Waals surface area contributed by atoms with E-state index in [0.29, 0.717) is 30.8 Å². The van der Waals surface area contributed by atoms with Crippen molar-refractivity contribution in [2.75, 3.05) is 33.7 Å². The number of rotatable bonds is 11. The normalized spacial score (nSPS) is 18.4. The van der Waals surface area contributed by atoms with E-state index in [4.69, 9.17) is 0 Å². The second-order valence-electron chi connectivity index (χ2n) is 9.40. The Morgan fingerprint density at radius 2 is 1.68 bits per heavy atom. The maximum atomic E-state index is 13.7. The molecule has 0 aromatic heterocycles. The summed E-state index contributed by atoms with van der Waals surface area (Å²) in [5, 5.41) is 12.7. The first-order valence-electron chi connectivity index (χ1n) is 11.5. The number of aliphatic hydroxyl groups excluding tert-OH is 1. The van der Waals surface area contributed by atoms with Crippen LogP contribution in [0.4, 0.5) is 17.1 Å². The summed E-state index contributed by atoms with van der Waals surface area (Å²) in [5.41, 5.74) is 2.34. The second-order valence-corrected chi connectivity index (χ2v) is 13.0. The molecule has 0 bridgehead atoms. The number of aryl methyl sites for hydroxylation is 1. The maximum absolute atomic E-state index is 13.7. The number of benzene rings is 2. The molecule has 2 aromatic carbocycles. The van der Waals surface area contributed by atoms with Crippen molar-refractivity contribution in [3.8, 4) is 0 Å². The lowest BCUT2D eigenvalue weighted by atomic mass is 9.82. The van der Waals surface area contributed by atoms with E-state index in [1.807, 2.05) is 32.9 Å². The van der Waals surface area contributed by atoms with E-state index < -0.39 is 20.0 Å². The largest absolute Gasteiger partial charge is 0.393 e. The summed E-state index contributed by atoms with van der Waals surface area (Å²) in [6.45, 7) is 6.78. The van der Waals surface area contributed by atoms with Gasteiger partial charge in [0.05, 0.1) is 34.3 Å². The molecule has 0 heterocycles. The first-order chi connectivity index (χ1) is 15.9. The van der Waals surface area contributed by atoms with Crippen LogP contribution in [0.25, 0.3) is 0 Å². The number of hydrogen-bond donors (Lipinski definition) is 3. The minimum atomic E-state index is -3.96. The van der Waals surface area contributed by atoms with Gasteiger partial charge in [-0.15, -0.1) is 0 Å². The highest BCUT2D eigenvalue weighted by molar-refractivity contribution is 7.93. The van der Waals surface area contributed by atoms with Crippen molar-refractivity contribution in [3.05, 3.63) is 48.0 Å². The molecular weight excluding hydrogens is 474 g/mol. The van der Waals surface area contributed by atoms with Gasteiger partial charge in [0, 0.05) is 13.1 Å². The zero-order valence-electron chi connectivity index (χ0n) is 20.2. The van der Waals surface area contributed by atoms with Crippen LogP contribution >= 0.6 is 0 Å². The fourth-order valence-electron chi connectivity index (χ4n) is 3.94. The zero-order chi connectivity index (χ0) is 25.1. The highest BCUT2D eigenvalue weighted by Crippen LogP contribution is 2.33. The second kappa shape index (κ2) is 10.5. The van der Waals surface area contributed by atoms with Crippen LogP contribution in [-0.2, 0) is 26.5 Å². The molecule has 0 unspecified atom stereocenters. The Hall–Kier alpha value is -2.30. The average Bonchev–Trinajstić information content (AvgIpc) is 2.73. The summed E-state index contributed by atoms with van der Waals surface area (Å²) in [4.78, 5) is 0.00323. The summed E-state index contributed by atoms with van der Waals surface area (Å²) >= 11 is 0. The lowest BCUT2D eigenvalue weighted by molar-refractivity contribution is 0.0487. The molecule has 10 heteroatoms. The van der Waals surface area contributed by atoms with E-state index in [-0.39, 0.29) is 35.1 Å². The molecule has 0 saturated heterocycles. The van der Waals surface area contributed by atoms with Crippen LogP contribution < -0.4 is 14.3 Å². The Kier molecular flexibility index (Phi) is 8.15.